The van der Waals surface area contributed by atoms with Crippen molar-refractivity contribution in [2.75, 3.05) is 20.7 Å². The molecule has 0 bridgehead atoms. The van der Waals surface area contributed by atoms with Gasteiger partial charge in [-0.3, -0.25) is 4.79 Å². The number of aliphatic hydroxyl groups is 1. The number of aliphatic hydroxyl groups excluding tert-OH is 1. The van der Waals surface area contributed by atoms with Crippen molar-refractivity contribution in [3.63, 3.8) is 0 Å². The molecule has 5 nitrogen and oxygen atoms in total. The number of nitrogens with zero attached hydrogens (tertiary/aromatic N) is 1. The molecule has 0 atom stereocenters. The third-order valence-corrected chi connectivity index (χ3v) is 1.53. The Hall–Kier alpha value is -1.62. The number of likely N-dealkylation sites (N-methyl/N-ethyl adjacent to an activating group) is 1. The Balaban J connectivity index is 0. The van der Waals surface area contributed by atoms with Gasteiger partial charge in [0.1, 0.15) is 0 Å². The number of aliphatic carboxylic acids is 1. The second-order valence-electron chi connectivity index (χ2n) is 3.14. The second-order valence-corrected chi connectivity index (χ2v) is 3.14. The fraction of sp³-hybridized carbons (Fsp3) is 0.455. The lowest BCUT2D eigenvalue weighted by atomic mass is 10.2. The van der Waals surface area contributed by atoms with Gasteiger partial charge in [0.25, 0.3) is 0 Å². The van der Waals surface area contributed by atoms with E-state index in [4.69, 9.17) is 10.2 Å². The molecule has 0 saturated heterocycles. The maximum absolute atomic E-state index is 10.3. The summed E-state index contributed by atoms with van der Waals surface area (Å²) in [4.78, 5) is 21.8. The Morgan fingerprint density at radius 1 is 1.38 bits per heavy atom. The van der Waals surface area contributed by atoms with Crippen LogP contribution in [0.5, 0.6) is 0 Å². The Labute approximate surface area is 95.7 Å². The molecule has 0 aliphatic heterocycles. The topological polar surface area (TPSA) is 77.8 Å². The Kier molecular flexibility index (Phi) is 10.4. The summed E-state index contributed by atoms with van der Waals surface area (Å²) in [5.74, 6) is -0.983. The molecule has 0 fully saturated rings. The summed E-state index contributed by atoms with van der Waals surface area (Å²) in [5, 5.41) is 16.5. The van der Waals surface area contributed by atoms with Crippen LogP contribution in [0.1, 0.15) is 13.3 Å². The predicted octanol–water partition coefficient (Wildman–Crippen LogP) is 0.660. The molecular weight excluding hydrogens is 210 g/mol. The van der Waals surface area contributed by atoms with Gasteiger partial charge in [0, 0.05) is 26.3 Å². The van der Waals surface area contributed by atoms with Crippen LogP contribution in [-0.4, -0.2) is 47.7 Å². The zero-order valence-electron chi connectivity index (χ0n) is 9.93. The summed E-state index contributed by atoms with van der Waals surface area (Å²) in [7, 11) is 3.37. The molecule has 0 heterocycles. The number of rotatable bonds is 4. The number of carbonyl (C=O) groups is 2. The highest BCUT2D eigenvalue weighted by Crippen LogP contribution is 1.93. The first-order chi connectivity index (χ1) is 7.36. The van der Waals surface area contributed by atoms with Crippen LogP contribution >= 0.6 is 0 Å². The van der Waals surface area contributed by atoms with Crippen molar-refractivity contribution in [3.05, 3.63) is 24.3 Å². The summed E-state index contributed by atoms with van der Waals surface area (Å²) in [6, 6.07) is 0. The molecule has 0 unspecified atom stereocenters. The van der Waals surface area contributed by atoms with Gasteiger partial charge in [-0.05, 0) is 19.4 Å². The van der Waals surface area contributed by atoms with Gasteiger partial charge >= 0.3 is 5.97 Å². The van der Waals surface area contributed by atoms with Crippen molar-refractivity contribution >= 4 is 11.9 Å². The first-order valence-corrected chi connectivity index (χ1v) is 4.71. The van der Waals surface area contributed by atoms with E-state index in [9.17, 15) is 9.59 Å². The second kappa shape index (κ2) is 9.92. The van der Waals surface area contributed by atoms with Gasteiger partial charge in [-0.25, -0.2) is 4.79 Å². The number of carboxylic acid groups (broad SMARTS) is 1. The van der Waals surface area contributed by atoms with Gasteiger partial charge in [-0.2, -0.15) is 0 Å². The van der Waals surface area contributed by atoms with Crippen LogP contribution < -0.4 is 0 Å². The molecule has 0 aromatic rings. The number of amides is 1. The lowest BCUT2D eigenvalue weighted by Gasteiger charge is -2.03. The summed E-state index contributed by atoms with van der Waals surface area (Å²) in [6.45, 7) is 4.79. The molecule has 0 aromatic heterocycles. The normalized spacial score (nSPS) is 9.88. The highest BCUT2D eigenvalue weighted by molar-refractivity contribution is 5.86. The molecular formula is C11H19NO4. The third kappa shape index (κ3) is 10.5. The van der Waals surface area contributed by atoms with Crippen LogP contribution in [-0.2, 0) is 9.59 Å². The SMILES string of the molecule is C=CC(=O)N(C)C.CC(=CCCO)C(=O)O. The largest absolute Gasteiger partial charge is 0.478 e. The molecule has 0 aliphatic rings. The van der Waals surface area contributed by atoms with E-state index >= 15 is 0 Å². The maximum Gasteiger partial charge on any atom is 0.330 e. The standard InChI is InChI=1S/C6H10O3.C5H9NO/c1-5(6(8)9)3-2-4-7;1-4-5(7)6(2)3/h3,7H,2,4H2,1H3,(H,8,9);4H,1H2,2-3H3. The number of carbonyl (C=O) groups excluding carboxylic acids is 1. The van der Waals surface area contributed by atoms with E-state index < -0.39 is 5.97 Å². The molecule has 92 valence electrons. The first kappa shape index (κ1) is 16.8. The Bertz CT molecular complexity index is 269. The molecule has 16 heavy (non-hydrogen) atoms. The quantitative estimate of drug-likeness (QED) is 0.694. The minimum absolute atomic E-state index is 0.00458. The van der Waals surface area contributed by atoms with Crippen LogP contribution in [0.3, 0.4) is 0 Å². The van der Waals surface area contributed by atoms with Gasteiger partial charge in [0.05, 0.1) is 0 Å². The van der Waals surface area contributed by atoms with E-state index in [1.54, 1.807) is 14.1 Å². The number of hydrogen-bond acceptors (Lipinski definition) is 3. The minimum Gasteiger partial charge on any atom is -0.478 e. The van der Waals surface area contributed by atoms with Crippen molar-refractivity contribution in [1.82, 2.24) is 4.90 Å². The lowest BCUT2D eigenvalue weighted by Crippen LogP contribution is -2.18. The van der Waals surface area contributed by atoms with E-state index in [0.29, 0.717) is 6.42 Å². The fourth-order valence-electron chi connectivity index (χ4n) is 0.551. The average Bonchev–Trinajstić information content (AvgIpc) is 2.25. The van der Waals surface area contributed by atoms with Crippen molar-refractivity contribution in [1.29, 1.82) is 0 Å². The smallest absolute Gasteiger partial charge is 0.330 e. The third-order valence-electron chi connectivity index (χ3n) is 1.53. The van der Waals surface area contributed by atoms with Gasteiger partial charge in [-0.1, -0.05) is 12.7 Å². The van der Waals surface area contributed by atoms with Crippen molar-refractivity contribution < 1.29 is 19.8 Å². The maximum atomic E-state index is 10.3. The molecule has 0 saturated carbocycles. The van der Waals surface area contributed by atoms with Crippen LogP contribution in [0.2, 0.25) is 0 Å². The number of hydrogen-bond donors (Lipinski definition) is 2. The highest BCUT2D eigenvalue weighted by atomic mass is 16.4. The molecule has 0 rings (SSSR count). The monoisotopic (exact) mass is 229 g/mol. The average molecular weight is 229 g/mol. The Morgan fingerprint density at radius 2 is 1.88 bits per heavy atom. The van der Waals surface area contributed by atoms with Gasteiger partial charge in [0.15, 0.2) is 0 Å². The van der Waals surface area contributed by atoms with Gasteiger partial charge in [-0.15, -0.1) is 0 Å². The molecule has 1 amide bonds. The molecule has 2 N–H and O–H groups in total. The van der Waals surface area contributed by atoms with E-state index in [1.165, 1.54) is 24.0 Å². The number of carboxylic acids is 1. The van der Waals surface area contributed by atoms with Crippen molar-refractivity contribution in [3.8, 4) is 0 Å². The van der Waals surface area contributed by atoms with Crippen LogP contribution in [0.15, 0.2) is 24.3 Å². The van der Waals surface area contributed by atoms with Crippen molar-refractivity contribution in [2.45, 2.75) is 13.3 Å². The first-order valence-electron chi connectivity index (χ1n) is 4.71. The van der Waals surface area contributed by atoms with E-state index in [-0.39, 0.29) is 18.1 Å². The lowest BCUT2D eigenvalue weighted by molar-refractivity contribution is -0.132. The Morgan fingerprint density at radius 3 is 2.06 bits per heavy atom. The molecule has 0 spiro atoms. The van der Waals surface area contributed by atoms with Crippen molar-refractivity contribution in [2.24, 2.45) is 0 Å². The fourth-order valence-corrected chi connectivity index (χ4v) is 0.551. The summed E-state index contributed by atoms with van der Waals surface area (Å²) in [5.41, 5.74) is 0.282. The van der Waals surface area contributed by atoms with E-state index in [1.807, 2.05) is 0 Å². The molecule has 0 radical (unpaired) electrons. The van der Waals surface area contributed by atoms with Gasteiger partial charge in [0.2, 0.25) is 5.91 Å². The minimum atomic E-state index is -0.927. The van der Waals surface area contributed by atoms with E-state index in [2.05, 4.69) is 6.58 Å². The molecule has 0 aromatic carbocycles. The molecule has 5 heteroatoms. The summed E-state index contributed by atoms with van der Waals surface area (Å²) < 4.78 is 0. The summed E-state index contributed by atoms with van der Waals surface area (Å²) >= 11 is 0. The summed E-state index contributed by atoms with van der Waals surface area (Å²) in [6.07, 6.45) is 3.18. The zero-order valence-corrected chi connectivity index (χ0v) is 9.93. The van der Waals surface area contributed by atoms with Crippen LogP contribution in [0, 0.1) is 0 Å². The van der Waals surface area contributed by atoms with Crippen LogP contribution in [0.25, 0.3) is 0 Å². The van der Waals surface area contributed by atoms with E-state index in [0.717, 1.165) is 0 Å². The predicted molar refractivity (Wildman–Crippen MR) is 62.0 cm³/mol. The highest BCUT2D eigenvalue weighted by Gasteiger charge is 1.96. The van der Waals surface area contributed by atoms with Crippen LogP contribution in [0.4, 0.5) is 0 Å². The zero-order chi connectivity index (χ0) is 13.1. The molecule has 0 aliphatic carbocycles. The van der Waals surface area contributed by atoms with Gasteiger partial charge < -0.3 is 15.1 Å².